The summed E-state index contributed by atoms with van der Waals surface area (Å²) in [5.41, 5.74) is 8.40. The number of anilines is 2. The number of nitrogens with two attached hydrogens (primary N) is 1. The Kier molecular flexibility index (Phi) is 7.30. The minimum atomic E-state index is -0.216. The largest absolute Gasteiger partial charge is 0.509 e. The van der Waals surface area contributed by atoms with Gasteiger partial charge in [-0.15, -0.1) is 0 Å². The highest BCUT2D eigenvalue weighted by Crippen LogP contribution is 2.27. The molecule has 3 heterocycles. The molecule has 36 heavy (non-hydrogen) atoms. The Morgan fingerprint density at radius 2 is 2.11 bits per heavy atom. The monoisotopic (exact) mass is 486 g/mol. The fourth-order valence-electron chi connectivity index (χ4n) is 4.59. The van der Waals surface area contributed by atoms with Crippen LogP contribution >= 0.6 is 0 Å². The summed E-state index contributed by atoms with van der Waals surface area (Å²) in [5.74, 6) is 0.218. The lowest BCUT2D eigenvalue weighted by atomic mass is 10.0. The summed E-state index contributed by atoms with van der Waals surface area (Å²) in [5, 5.41) is 23.1. The first-order valence-electron chi connectivity index (χ1n) is 11.7. The lowest BCUT2D eigenvalue weighted by molar-refractivity contribution is 0.0681. The lowest BCUT2D eigenvalue weighted by Gasteiger charge is -2.28. The number of hydrogen-bond donors (Lipinski definition) is 4. The van der Waals surface area contributed by atoms with Crippen LogP contribution in [0.25, 0.3) is 10.8 Å². The van der Waals surface area contributed by atoms with Gasteiger partial charge in [-0.1, -0.05) is 37.4 Å². The molecule has 2 aromatic heterocycles. The van der Waals surface area contributed by atoms with E-state index in [4.69, 9.17) is 15.9 Å². The van der Waals surface area contributed by atoms with Gasteiger partial charge in [-0.25, -0.2) is 9.97 Å². The Hall–Kier alpha value is -4.24. The second-order valence-electron chi connectivity index (χ2n) is 8.70. The number of hydrogen-bond acceptors (Lipinski definition) is 8. The molecule has 0 radical (unpaired) electrons. The van der Waals surface area contributed by atoms with Gasteiger partial charge in [0.15, 0.2) is 0 Å². The van der Waals surface area contributed by atoms with E-state index < -0.39 is 0 Å². The average Bonchev–Trinajstić information content (AvgIpc) is 2.86. The number of aliphatic hydroxyl groups is 1. The summed E-state index contributed by atoms with van der Waals surface area (Å²) >= 11 is 0. The molecule has 9 heteroatoms. The number of aryl methyl sites for hydroxylation is 1. The number of pyridine rings is 1. The second kappa shape index (κ2) is 10.6. The summed E-state index contributed by atoms with van der Waals surface area (Å²) < 4.78 is 7.40. The number of nitrogens with one attached hydrogen (secondary N) is 2. The number of nitrogens with zero attached hydrogens (tertiary/aromatic N) is 3. The summed E-state index contributed by atoms with van der Waals surface area (Å²) in [6.45, 7) is 10.6. The van der Waals surface area contributed by atoms with Crippen molar-refractivity contribution in [2.24, 2.45) is 0 Å². The number of ether oxygens (including phenoxy) is 1. The molecular formula is C27H30N6O3. The van der Waals surface area contributed by atoms with Gasteiger partial charge >= 0.3 is 0 Å². The highest BCUT2D eigenvalue weighted by atomic mass is 16.5. The predicted octanol–water partition coefficient (Wildman–Crippen LogP) is 4.20. The molecule has 4 rings (SSSR count). The molecule has 0 spiro atoms. The molecular weight excluding hydrogens is 456 g/mol. The Labute approximate surface area is 209 Å². The fraction of sp³-hybridized carbons (Fsp3) is 0.259. The Bertz CT molecular complexity index is 1430. The molecule has 0 amide bonds. The van der Waals surface area contributed by atoms with E-state index in [1.54, 1.807) is 0 Å². The quantitative estimate of drug-likeness (QED) is 0.213. The molecule has 0 bridgehead atoms. The zero-order valence-electron chi connectivity index (χ0n) is 20.3. The van der Waals surface area contributed by atoms with Crippen molar-refractivity contribution in [1.82, 2.24) is 14.5 Å². The maximum absolute atomic E-state index is 13.7. The van der Waals surface area contributed by atoms with E-state index in [0.717, 1.165) is 29.5 Å². The molecule has 1 aliphatic rings. The van der Waals surface area contributed by atoms with Gasteiger partial charge in [0, 0.05) is 30.5 Å². The molecule has 5 N–H and O–H groups in total. The van der Waals surface area contributed by atoms with Crippen molar-refractivity contribution in [3.05, 3.63) is 94.4 Å². The van der Waals surface area contributed by atoms with Crippen LogP contribution in [0.1, 0.15) is 35.7 Å². The average molecular weight is 487 g/mol. The first-order valence-corrected chi connectivity index (χ1v) is 11.7. The van der Waals surface area contributed by atoms with Gasteiger partial charge in [0.05, 0.1) is 23.2 Å². The molecule has 3 aromatic rings. The van der Waals surface area contributed by atoms with E-state index in [1.165, 1.54) is 18.5 Å². The number of fused-ring (bicyclic) bond motifs is 1. The number of benzene rings is 1. The first kappa shape index (κ1) is 24.9. The van der Waals surface area contributed by atoms with E-state index in [2.05, 4.69) is 28.4 Å². The summed E-state index contributed by atoms with van der Waals surface area (Å²) in [6, 6.07) is 7.87. The Balaban J connectivity index is 1.77. The van der Waals surface area contributed by atoms with Gasteiger partial charge in [-0.3, -0.25) is 10.2 Å². The van der Waals surface area contributed by atoms with Crippen LogP contribution in [0.2, 0.25) is 0 Å². The number of aromatic nitrogens is 3. The van der Waals surface area contributed by atoms with Crippen molar-refractivity contribution >= 4 is 28.1 Å². The normalized spacial score (nSPS) is 14.5. The number of nitrogen functional groups attached to an aromatic ring is 1. The number of aliphatic hydroxyl groups excluding tert-OH is 1. The zero-order chi connectivity index (χ0) is 25.8. The molecule has 1 fully saturated rings. The first-order chi connectivity index (χ1) is 17.3. The maximum atomic E-state index is 13.7. The van der Waals surface area contributed by atoms with Gasteiger partial charge < -0.3 is 25.5 Å². The van der Waals surface area contributed by atoms with E-state index in [1.807, 2.05) is 35.8 Å². The van der Waals surface area contributed by atoms with Gasteiger partial charge in [0.1, 0.15) is 23.7 Å². The molecule has 186 valence electrons. The van der Waals surface area contributed by atoms with Gasteiger partial charge in [-0.05, 0) is 42.9 Å². The Morgan fingerprint density at radius 3 is 2.81 bits per heavy atom. The highest BCUT2D eigenvalue weighted by Gasteiger charge is 2.22. The summed E-state index contributed by atoms with van der Waals surface area (Å²) in [4.78, 5) is 22.1. The fourth-order valence-corrected chi connectivity index (χ4v) is 4.59. The second-order valence-corrected chi connectivity index (χ2v) is 8.70. The molecule has 1 saturated heterocycles. The van der Waals surface area contributed by atoms with Gasteiger partial charge in [-0.2, -0.15) is 0 Å². The number of rotatable bonds is 8. The predicted molar refractivity (Wildman–Crippen MR) is 143 cm³/mol. The molecule has 1 aromatic carbocycles. The highest BCUT2D eigenvalue weighted by molar-refractivity contribution is 6.17. The molecule has 9 nitrogen and oxygen atoms in total. The maximum Gasteiger partial charge on any atom is 0.259 e. The van der Waals surface area contributed by atoms with E-state index >= 15 is 0 Å². The van der Waals surface area contributed by atoms with Crippen molar-refractivity contribution in [3.63, 3.8) is 0 Å². The van der Waals surface area contributed by atoms with Crippen LogP contribution in [0.5, 0.6) is 0 Å². The van der Waals surface area contributed by atoms with Crippen LogP contribution in [0.4, 0.5) is 11.6 Å². The van der Waals surface area contributed by atoms with E-state index in [0.29, 0.717) is 30.0 Å². The number of allylic oxidation sites excluding steroid dienone is 3. The van der Waals surface area contributed by atoms with E-state index in [9.17, 15) is 9.90 Å². The van der Waals surface area contributed by atoms with Crippen LogP contribution in [0, 0.1) is 12.3 Å². The SMILES string of the molecule is C=C/C(=C\C(=C)O)C(=N)c1c(N)ncnc1NCc1cc2cccc(C)c2c(=O)n1C1CCOCC1. The zero-order valence-corrected chi connectivity index (χ0v) is 20.3. The van der Waals surface area contributed by atoms with Gasteiger partial charge in [0.2, 0.25) is 0 Å². The van der Waals surface area contributed by atoms with Crippen molar-refractivity contribution in [2.75, 3.05) is 24.3 Å². The molecule has 0 unspecified atom stereocenters. The smallest absolute Gasteiger partial charge is 0.259 e. The van der Waals surface area contributed by atoms with Crippen LogP contribution in [0.15, 0.2) is 72.0 Å². The lowest BCUT2D eigenvalue weighted by Crippen LogP contribution is -2.32. The topological polar surface area (TPSA) is 139 Å². The molecule has 0 aliphatic carbocycles. The molecule has 1 aliphatic heterocycles. The van der Waals surface area contributed by atoms with Crippen LogP contribution in [-0.4, -0.2) is 38.6 Å². The summed E-state index contributed by atoms with van der Waals surface area (Å²) in [7, 11) is 0. The third kappa shape index (κ3) is 4.92. The molecule has 0 saturated carbocycles. The van der Waals surface area contributed by atoms with Crippen molar-refractivity contribution in [3.8, 4) is 0 Å². The van der Waals surface area contributed by atoms with Crippen molar-refractivity contribution in [2.45, 2.75) is 32.4 Å². The minimum absolute atomic E-state index is 0.0169. The van der Waals surface area contributed by atoms with Gasteiger partial charge in [0.25, 0.3) is 5.56 Å². The van der Waals surface area contributed by atoms with E-state index in [-0.39, 0.29) is 41.0 Å². The molecule has 0 atom stereocenters. The van der Waals surface area contributed by atoms with Crippen molar-refractivity contribution < 1.29 is 9.84 Å². The third-order valence-electron chi connectivity index (χ3n) is 6.32. The third-order valence-corrected chi connectivity index (χ3v) is 6.32. The van der Waals surface area contributed by atoms with Crippen LogP contribution < -0.4 is 16.6 Å². The minimum Gasteiger partial charge on any atom is -0.509 e. The van der Waals surface area contributed by atoms with Crippen LogP contribution in [-0.2, 0) is 11.3 Å². The van der Waals surface area contributed by atoms with Crippen LogP contribution in [0.3, 0.4) is 0 Å². The standard InChI is InChI=1S/C27H30N6O3/c1-4-18(12-17(3)34)24(28)23-25(29)31-15-32-26(23)30-14-21-13-19-7-5-6-16(2)22(19)27(35)33(21)20-8-10-36-11-9-20/h4-7,12-13,15,20,28,34H,1,3,8-11,14H2,2H3,(H3,29,30,31,32)/b18-12+,28-24?. The Morgan fingerprint density at radius 1 is 1.36 bits per heavy atom. The van der Waals surface area contributed by atoms with Crippen molar-refractivity contribution in [1.29, 1.82) is 5.41 Å². The summed E-state index contributed by atoms with van der Waals surface area (Å²) in [6.07, 6.45) is 5.55.